The highest BCUT2D eigenvalue weighted by molar-refractivity contribution is 9.10. The van der Waals surface area contributed by atoms with E-state index in [0.717, 1.165) is 16.5 Å². The lowest BCUT2D eigenvalue weighted by atomic mass is 9.72. The number of hydrogen-bond acceptors (Lipinski definition) is 1. The highest BCUT2D eigenvalue weighted by Gasteiger charge is 2.36. The van der Waals surface area contributed by atoms with Gasteiger partial charge in [-0.15, -0.1) is 0 Å². The van der Waals surface area contributed by atoms with Crippen molar-refractivity contribution in [2.24, 2.45) is 0 Å². The van der Waals surface area contributed by atoms with Crippen LogP contribution in [0, 0.1) is 0 Å². The van der Waals surface area contributed by atoms with E-state index in [9.17, 15) is 4.79 Å². The van der Waals surface area contributed by atoms with E-state index in [2.05, 4.69) is 22.0 Å². The van der Waals surface area contributed by atoms with Crippen molar-refractivity contribution in [3.63, 3.8) is 0 Å². The Morgan fingerprint density at radius 1 is 1.33 bits per heavy atom. The molecule has 3 heteroatoms. The molecule has 1 aromatic carbocycles. The van der Waals surface area contributed by atoms with Crippen molar-refractivity contribution in [1.82, 2.24) is 0 Å². The molecule has 0 aromatic heterocycles. The Hall–Kier alpha value is -0.340. The number of hydrogen-bond donors (Lipinski definition) is 0. The monoisotopic (exact) mass is 286 g/mol. The summed E-state index contributed by atoms with van der Waals surface area (Å²) in [5, 5.41) is 0.692. The third-order valence-corrected chi connectivity index (χ3v) is 3.84. The standard InChI is InChI=1S/C12H12BrClO/c1-12(2)10(15)4-3-7-5-8(13)6-9(14)11(7)12/h5-6H,3-4H2,1-2H3. The van der Waals surface area contributed by atoms with E-state index in [1.54, 1.807) is 0 Å². The second-order valence-electron chi connectivity index (χ2n) is 4.47. The zero-order valence-electron chi connectivity index (χ0n) is 8.73. The molecule has 1 nitrogen and oxygen atoms in total. The summed E-state index contributed by atoms with van der Waals surface area (Å²) in [4.78, 5) is 11.8. The summed E-state index contributed by atoms with van der Waals surface area (Å²) < 4.78 is 0.983. The van der Waals surface area contributed by atoms with Crippen molar-refractivity contribution < 1.29 is 4.79 Å². The van der Waals surface area contributed by atoms with Crippen molar-refractivity contribution in [1.29, 1.82) is 0 Å². The van der Waals surface area contributed by atoms with Gasteiger partial charge in [-0.3, -0.25) is 4.79 Å². The van der Waals surface area contributed by atoms with Crippen LogP contribution in [-0.2, 0) is 16.6 Å². The number of aryl methyl sites for hydroxylation is 1. The first kappa shape index (κ1) is 11.2. The molecule has 0 heterocycles. The number of halogens is 2. The van der Waals surface area contributed by atoms with Gasteiger partial charge in [0, 0.05) is 21.3 Å². The van der Waals surface area contributed by atoms with Crippen molar-refractivity contribution in [2.75, 3.05) is 0 Å². The summed E-state index contributed by atoms with van der Waals surface area (Å²) in [6, 6.07) is 3.93. The molecule has 0 bridgehead atoms. The molecule has 2 rings (SSSR count). The first-order chi connectivity index (χ1) is 6.93. The van der Waals surface area contributed by atoms with Gasteiger partial charge in [0.15, 0.2) is 0 Å². The number of benzene rings is 1. The van der Waals surface area contributed by atoms with E-state index in [4.69, 9.17) is 11.6 Å². The highest BCUT2D eigenvalue weighted by atomic mass is 79.9. The van der Waals surface area contributed by atoms with E-state index in [0.29, 0.717) is 11.4 Å². The molecule has 0 aliphatic heterocycles. The Labute approximate surface area is 103 Å². The van der Waals surface area contributed by atoms with Gasteiger partial charge in [0.1, 0.15) is 5.78 Å². The van der Waals surface area contributed by atoms with Crippen LogP contribution < -0.4 is 0 Å². The van der Waals surface area contributed by atoms with Crippen molar-refractivity contribution in [3.8, 4) is 0 Å². The predicted octanol–water partition coefficient (Wildman–Crippen LogP) is 3.90. The Kier molecular flexibility index (Phi) is 2.68. The first-order valence-electron chi connectivity index (χ1n) is 4.94. The van der Waals surface area contributed by atoms with Crippen molar-refractivity contribution >= 4 is 33.3 Å². The maximum atomic E-state index is 11.8. The molecule has 0 saturated heterocycles. The minimum atomic E-state index is -0.439. The van der Waals surface area contributed by atoms with E-state index < -0.39 is 5.41 Å². The fourth-order valence-electron chi connectivity index (χ4n) is 2.22. The molecular formula is C12H12BrClO. The normalized spacial score (nSPS) is 18.8. The Morgan fingerprint density at radius 3 is 2.67 bits per heavy atom. The van der Waals surface area contributed by atoms with Crippen LogP contribution in [0.5, 0.6) is 0 Å². The van der Waals surface area contributed by atoms with Crippen LogP contribution in [0.25, 0.3) is 0 Å². The summed E-state index contributed by atoms with van der Waals surface area (Å²) in [5.74, 6) is 0.277. The van der Waals surface area contributed by atoms with Gasteiger partial charge in [-0.1, -0.05) is 27.5 Å². The lowest BCUT2D eigenvalue weighted by Crippen LogP contribution is -2.34. The Morgan fingerprint density at radius 2 is 2.00 bits per heavy atom. The van der Waals surface area contributed by atoms with Crippen LogP contribution in [0.4, 0.5) is 0 Å². The molecule has 1 aliphatic rings. The van der Waals surface area contributed by atoms with Crippen LogP contribution in [0.15, 0.2) is 16.6 Å². The summed E-state index contributed by atoms with van der Waals surface area (Å²) in [6.45, 7) is 3.90. The molecule has 0 amide bonds. The number of carbonyl (C=O) groups excluding carboxylic acids is 1. The molecule has 0 atom stereocenters. The first-order valence-corrected chi connectivity index (χ1v) is 6.11. The molecule has 1 aromatic rings. The van der Waals surface area contributed by atoms with Crippen LogP contribution in [-0.4, -0.2) is 5.78 Å². The third-order valence-electron chi connectivity index (χ3n) is 3.08. The van der Waals surface area contributed by atoms with E-state index in [1.165, 1.54) is 5.56 Å². The summed E-state index contributed by atoms with van der Waals surface area (Å²) >= 11 is 9.64. The van der Waals surface area contributed by atoms with Crippen LogP contribution >= 0.6 is 27.5 Å². The average molecular weight is 288 g/mol. The molecule has 80 valence electrons. The van der Waals surface area contributed by atoms with E-state index in [1.807, 2.05) is 19.9 Å². The predicted molar refractivity (Wildman–Crippen MR) is 65.5 cm³/mol. The number of Topliss-reactive ketones (excluding diaryl/α,β-unsaturated/α-hetero) is 1. The minimum absolute atomic E-state index is 0.277. The third kappa shape index (κ3) is 1.74. The number of fused-ring (bicyclic) bond motifs is 1. The van der Waals surface area contributed by atoms with E-state index in [-0.39, 0.29) is 5.78 Å². The van der Waals surface area contributed by atoms with E-state index >= 15 is 0 Å². The van der Waals surface area contributed by atoms with Gasteiger partial charge in [0.05, 0.1) is 0 Å². The number of rotatable bonds is 0. The SMILES string of the molecule is CC1(C)C(=O)CCc2cc(Br)cc(Cl)c21. The van der Waals surface area contributed by atoms with Crippen molar-refractivity contribution in [2.45, 2.75) is 32.1 Å². The lowest BCUT2D eigenvalue weighted by molar-refractivity contribution is -0.124. The molecule has 1 aliphatic carbocycles. The van der Waals surface area contributed by atoms with Gasteiger partial charge >= 0.3 is 0 Å². The zero-order chi connectivity index (χ0) is 11.2. The molecular weight excluding hydrogens is 275 g/mol. The fourth-order valence-corrected chi connectivity index (χ4v) is 3.34. The summed E-state index contributed by atoms with van der Waals surface area (Å²) in [7, 11) is 0. The molecule has 0 radical (unpaired) electrons. The Balaban J connectivity index is 2.69. The van der Waals surface area contributed by atoms with Crippen LogP contribution in [0.1, 0.15) is 31.4 Å². The minimum Gasteiger partial charge on any atom is -0.299 e. The van der Waals surface area contributed by atoms with Crippen LogP contribution in [0.2, 0.25) is 5.02 Å². The maximum absolute atomic E-state index is 11.8. The lowest BCUT2D eigenvalue weighted by Gasteiger charge is -2.32. The van der Waals surface area contributed by atoms with Gasteiger partial charge in [-0.2, -0.15) is 0 Å². The van der Waals surface area contributed by atoms with Gasteiger partial charge in [-0.05, 0) is 43.5 Å². The molecule has 0 unspecified atom stereocenters. The summed E-state index contributed by atoms with van der Waals surface area (Å²) in [5.41, 5.74) is 1.76. The second-order valence-corrected chi connectivity index (χ2v) is 5.79. The fraction of sp³-hybridized carbons (Fsp3) is 0.417. The van der Waals surface area contributed by atoms with Gasteiger partial charge in [0.25, 0.3) is 0 Å². The highest BCUT2D eigenvalue weighted by Crippen LogP contribution is 2.40. The smallest absolute Gasteiger partial charge is 0.143 e. The maximum Gasteiger partial charge on any atom is 0.143 e. The molecule has 0 spiro atoms. The van der Waals surface area contributed by atoms with Gasteiger partial charge in [0.2, 0.25) is 0 Å². The molecule has 0 N–H and O–H groups in total. The molecule has 15 heavy (non-hydrogen) atoms. The topological polar surface area (TPSA) is 17.1 Å². The summed E-state index contributed by atoms with van der Waals surface area (Å²) in [6.07, 6.45) is 1.42. The molecule has 0 fully saturated rings. The van der Waals surface area contributed by atoms with Gasteiger partial charge < -0.3 is 0 Å². The van der Waals surface area contributed by atoms with Crippen LogP contribution in [0.3, 0.4) is 0 Å². The quantitative estimate of drug-likeness (QED) is 0.707. The van der Waals surface area contributed by atoms with Gasteiger partial charge in [-0.25, -0.2) is 0 Å². The second kappa shape index (κ2) is 3.60. The van der Waals surface area contributed by atoms with Crippen molar-refractivity contribution in [3.05, 3.63) is 32.8 Å². The average Bonchev–Trinajstić information content (AvgIpc) is 2.10. The number of carbonyl (C=O) groups is 1. The number of ketones is 1. The molecule has 0 saturated carbocycles. The Bertz CT molecular complexity index is 437. The largest absolute Gasteiger partial charge is 0.299 e. The zero-order valence-corrected chi connectivity index (χ0v) is 11.1.